The van der Waals surface area contributed by atoms with Gasteiger partial charge in [-0.05, 0) is 50.1 Å². The third-order valence-electron chi connectivity index (χ3n) is 4.95. The Morgan fingerprint density at radius 3 is 2.50 bits per heavy atom. The minimum absolute atomic E-state index is 0.293. The molecule has 0 spiro atoms. The summed E-state index contributed by atoms with van der Waals surface area (Å²) in [6.07, 6.45) is 3.20. The lowest BCUT2D eigenvalue weighted by molar-refractivity contribution is 0.378. The first-order valence-corrected chi connectivity index (χ1v) is 10.8. The van der Waals surface area contributed by atoms with Crippen LogP contribution in [0, 0.1) is 6.92 Å². The van der Waals surface area contributed by atoms with Crippen molar-refractivity contribution < 1.29 is 13.2 Å². The van der Waals surface area contributed by atoms with E-state index in [0.29, 0.717) is 23.1 Å². The van der Waals surface area contributed by atoms with Gasteiger partial charge in [-0.1, -0.05) is 42.0 Å². The molecule has 1 aliphatic rings. The first kappa shape index (κ1) is 18.7. The molecule has 0 saturated carbocycles. The number of benzene rings is 2. The van der Waals surface area contributed by atoms with Gasteiger partial charge in [0, 0.05) is 18.3 Å². The van der Waals surface area contributed by atoms with Gasteiger partial charge in [0.05, 0.1) is 10.9 Å². The molecule has 28 heavy (non-hydrogen) atoms. The highest BCUT2D eigenvalue weighted by Crippen LogP contribution is 2.40. The van der Waals surface area contributed by atoms with Gasteiger partial charge >= 0.3 is 0 Å². The van der Waals surface area contributed by atoms with Crippen molar-refractivity contribution in [3.63, 3.8) is 0 Å². The smallest absolute Gasteiger partial charge is 0.243 e. The van der Waals surface area contributed by atoms with Gasteiger partial charge in [0.25, 0.3) is 0 Å². The van der Waals surface area contributed by atoms with E-state index in [4.69, 9.17) is 4.74 Å². The summed E-state index contributed by atoms with van der Waals surface area (Å²) >= 11 is 0. The SMILES string of the molecule is Cc1ccc(S(=O)(=O)N2CCC[C@@H]2c2cccnc2Oc2ccccc2)cc1. The van der Waals surface area contributed by atoms with Crippen molar-refractivity contribution in [1.29, 1.82) is 0 Å². The fourth-order valence-corrected chi connectivity index (χ4v) is 5.20. The molecule has 1 aromatic heterocycles. The fourth-order valence-electron chi connectivity index (χ4n) is 3.53. The second-order valence-corrected chi connectivity index (χ2v) is 8.79. The number of ether oxygens (including phenoxy) is 1. The largest absolute Gasteiger partial charge is 0.439 e. The molecule has 4 rings (SSSR count). The molecular weight excluding hydrogens is 372 g/mol. The van der Waals surface area contributed by atoms with Gasteiger partial charge in [-0.2, -0.15) is 4.31 Å². The van der Waals surface area contributed by atoms with Crippen LogP contribution in [-0.2, 0) is 10.0 Å². The van der Waals surface area contributed by atoms with E-state index in [2.05, 4.69) is 4.98 Å². The van der Waals surface area contributed by atoms with Gasteiger partial charge in [-0.3, -0.25) is 0 Å². The van der Waals surface area contributed by atoms with Crippen LogP contribution in [0.4, 0.5) is 0 Å². The number of pyridine rings is 1. The lowest BCUT2D eigenvalue weighted by atomic mass is 10.1. The summed E-state index contributed by atoms with van der Waals surface area (Å²) in [5, 5.41) is 0. The maximum absolute atomic E-state index is 13.3. The van der Waals surface area contributed by atoms with Crippen molar-refractivity contribution in [3.05, 3.63) is 84.1 Å². The molecule has 3 aromatic rings. The second-order valence-electron chi connectivity index (χ2n) is 6.90. The zero-order valence-electron chi connectivity index (χ0n) is 15.7. The third-order valence-corrected chi connectivity index (χ3v) is 6.87. The van der Waals surface area contributed by atoms with Crippen LogP contribution in [0.5, 0.6) is 11.6 Å². The number of para-hydroxylation sites is 1. The van der Waals surface area contributed by atoms with Crippen molar-refractivity contribution in [2.75, 3.05) is 6.54 Å². The van der Waals surface area contributed by atoms with Crippen LogP contribution >= 0.6 is 0 Å². The van der Waals surface area contributed by atoms with Crippen LogP contribution in [0.15, 0.2) is 77.8 Å². The molecule has 1 fully saturated rings. The van der Waals surface area contributed by atoms with Crippen LogP contribution in [0.25, 0.3) is 0 Å². The van der Waals surface area contributed by atoms with E-state index in [1.165, 1.54) is 0 Å². The molecule has 1 aliphatic heterocycles. The quantitative estimate of drug-likeness (QED) is 0.629. The van der Waals surface area contributed by atoms with Crippen molar-refractivity contribution in [2.45, 2.75) is 30.7 Å². The normalized spacial score (nSPS) is 17.5. The van der Waals surface area contributed by atoms with Crippen molar-refractivity contribution >= 4 is 10.0 Å². The molecule has 2 aromatic carbocycles. The van der Waals surface area contributed by atoms with E-state index < -0.39 is 10.0 Å². The summed E-state index contributed by atoms with van der Waals surface area (Å²) in [6.45, 7) is 2.43. The number of nitrogens with zero attached hydrogens (tertiary/aromatic N) is 2. The standard InChI is InChI=1S/C22H22N2O3S/c1-17-11-13-19(14-12-17)28(25,26)24-16-6-10-21(24)20-9-5-15-23-22(20)27-18-7-3-2-4-8-18/h2-5,7-9,11-15,21H,6,10,16H2,1H3/t21-/m1/s1. The van der Waals surface area contributed by atoms with E-state index in [-0.39, 0.29) is 6.04 Å². The summed E-state index contributed by atoms with van der Waals surface area (Å²) in [6, 6.07) is 19.8. The average molecular weight is 394 g/mol. The van der Waals surface area contributed by atoms with Gasteiger partial charge in [0.15, 0.2) is 0 Å². The Morgan fingerprint density at radius 1 is 1.00 bits per heavy atom. The highest BCUT2D eigenvalue weighted by Gasteiger charge is 2.37. The molecule has 5 nitrogen and oxygen atoms in total. The lowest BCUT2D eigenvalue weighted by Gasteiger charge is -2.25. The third kappa shape index (κ3) is 3.66. The average Bonchev–Trinajstić information content (AvgIpc) is 3.20. The summed E-state index contributed by atoms with van der Waals surface area (Å²) < 4.78 is 34.1. The van der Waals surface area contributed by atoms with Gasteiger partial charge in [-0.15, -0.1) is 0 Å². The predicted octanol–water partition coefficient (Wildman–Crippen LogP) is 4.71. The molecule has 144 valence electrons. The van der Waals surface area contributed by atoms with Gasteiger partial charge in [-0.25, -0.2) is 13.4 Å². The molecule has 0 N–H and O–H groups in total. The van der Waals surface area contributed by atoms with Crippen molar-refractivity contribution in [3.8, 4) is 11.6 Å². The van der Waals surface area contributed by atoms with Crippen LogP contribution in [0.2, 0.25) is 0 Å². The molecule has 0 radical (unpaired) electrons. The van der Waals surface area contributed by atoms with Crippen LogP contribution in [0.3, 0.4) is 0 Å². The zero-order valence-corrected chi connectivity index (χ0v) is 16.5. The summed E-state index contributed by atoms with van der Waals surface area (Å²) in [7, 11) is -3.59. The van der Waals surface area contributed by atoms with Crippen molar-refractivity contribution in [1.82, 2.24) is 9.29 Å². The minimum Gasteiger partial charge on any atom is -0.439 e. The van der Waals surface area contributed by atoms with E-state index in [9.17, 15) is 8.42 Å². The molecule has 1 saturated heterocycles. The Morgan fingerprint density at radius 2 is 1.75 bits per heavy atom. The monoisotopic (exact) mass is 394 g/mol. The first-order valence-electron chi connectivity index (χ1n) is 9.32. The Kier molecular flexibility index (Phi) is 5.15. The number of aryl methyl sites for hydroxylation is 1. The number of sulfonamides is 1. The molecular formula is C22H22N2O3S. The summed E-state index contributed by atoms with van der Waals surface area (Å²) in [5.74, 6) is 1.12. The summed E-state index contributed by atoms with van der Waals surface area (Å²) in [5.41, 5.74) is 1.82. The Bertz CT molecular complexity index is 1050. The van der Waals surface area contributed by atoms with Crippen molar-refractivity contribution in [2.24, 2.45) is 0 Å². The molecule has 0 bridgehead atoms. The van der Waals surface area contributed by atoms with Gasteiger partial charge in [0.1, 0.15) is 5.75 Å². The second kappa shape index (κ2) is 7.73. The van der Waals surface area contributed by atoms with E-state index in [1.807, 2.05) is 61.5 Å². The Hall–Kier alpha value is -2.70. The van der Waals surface area contributed by atoms with Crippen LogP contribution in [0.1, 0.15) is 30.0 Å². The number of aromatic nitrogens is 1. The highest BCUT2D eigenvalue weighted by atomic mass is 32.2. The number of hydrogen-bond donors (Lipinski definition) is 0. The molecule has 0 aliphatic carbocycles. The molecule has 0 amide bonds. The zero-order chi connectivity index (χ0) is 19.6. The minimum atomic E-state index is -3.59. The number of rotatable bonds is 5. The van der Waals surface area contributed by atoms with Crippen LogP contribution in [-0.4, -0.2) is 24.3 Å². The maximum atomic E-state index is 13.3. The van der Waals surface area contributed by atoms with E-state index in [1.54, 1.807) is 22.6 Å². The molecule has 1 atom stereocenters. The Balaban J connectivity index is 1.68. The summed E-state index contributed by atoms with van der Waals surface area (Å²) in [4.78, 5) is 4.69. The number of hydrogen-bond acceptors (Lipinski definition) is 4. The van der Waals surface area contributed by atoms with Gasteiger partial charge < -0.3 is 4.74 Å². The topological polar surface area (TPSA) is 59.5 Å². The molecule has 0 unspecified atom stereocenters. The molecule has 2 heterocycles. The highest BCUT2D eigenvalue weighted by molar-refractivity contribution is 7.89. The molecule has 6 heteroatoms. The lowest BCUT2D eigenvalue weighted by Crippen LogP contribution is -2.31. The van der Waals surface area contributed by atoms with E-state index >= 15 is 0 Å². The first-order chi connectivity index (χ1) is 13.6. The van der Waals surface area contributed by atoms with E-state index in [0.717, 1.165) is 24.0 Å². The Labute approximate surface area is 165 Å². The predicted molar refractivity (Wildman–Crippen MR) is 108 cm³/mol. The fraction of sp³-hybridized carbons (Fsp3) is 0.227. The maximum Gasteiger partial charge on any atom is 0.243 e. The van der Waals surface area contributed by atoms with Gasteiger partial charge in [0.2, 0.25) is 15.9 Å². The van der Waals surface area contributed by atoms with Crippen LogP contribution < -0.4 is 4.74 Å².